The smallest absolute Gasteiger partial charge is 0.185 e. The van der Waals surface area contributed by atoms with Gasteiger partial charge in [-0.3, -0.25) is 0 Å². The van der Waals surface area contributed by atoms with Gasteiger partial charge in [0.15, 0.2) is 5.13 Å². The monoisotopic (exact) mass is 268 g/mol. The van der Waals surface area contributed by atoms with Crippen LogP contribution in [0, 0.1) is 0 Å². The van der Waals surface area contributed by atoms with Gasteiger partial charge in [0.2, 0.25) is 0 Å². The third-order valence-corrected chi connectivity index (χ3v) is 4.37. The zero-order chi connectivity index (χ0) is 13.0. The molecule has 1 aliphatic heterocycles. The van der Waals surface area contributed by atoms with E-state index in [-0.39, 0.29) is 0 Å². The van der Waals surface area contributed by atoms with Gasteiger partial charge < -0.3 is 15.1 Å². The van der Waals surface area contributed by atoms with E-state index in [1.165, 1.54) is 10.0 Å². The molecule has 1 saturated heterocycles. The molecule has 4 nitrogen and oxygen atoms in total. The van der Waals surface area contributed by atoms with E-state index in [1.54, 1.807) is 0 Å². The molecule has 1 aromatic heterocycles. The number of piperazine rings is 1. The SMILES string of the molecule is CCN1CCN(c2ncc(CNC(C)C)s2)CC1. The molecular weight excluding hydrogens is 244 g/mol. The van der Waals surface area contributed by atoms with Crippen molar-refractivity contribution >= 4 is 16.5 Å². The van der Waals surface area contributed by atoms with E-state index in [2.05, 4.69) is 40.9 Å². The lowest BCUT2D eigenvalue weighted by Gasteiger charge is -2.33. The molecule has 0 amide bonds. The number of aromatic nitrogens is 1. The van der Waals surface area contributed by atoms with Crippen LogP contribution < -0.4 is 10.2 Å². The van der Waals surface area contributed by atoms with E-state index in [0.717, 1.165) is 39.3 Å². The zero-order valence-corrected chi connectivity index (χ0v) is 12.5. The maximum Gasteiger partial charge on any atom is 0.185 e. The average molecular weight is 268 g/mol. The zero-order valence-electron chi connectivity index (χ0n) is 11.6. The van der Waals surface area contributed by atoms with Gasteiger partial charge >= 0.3 is 0 Å². The summed E-state index contributed by atoms with van der Waals surface area (Å²) in [6, 6.07) is 0.531. The summed E-state index contributed by atoms with van der Waals surface area (Å²) in [6.45, 7) is 13.2. The van der Waals surface area contributed by atoms with E-state index in [4.69, 9.17) is 0 Å². The molecule has 2 rings (SSSR count). The van der Waals surface area contributed by atoms with Gasteiger partial charge in [-0.25, -0.2) is 4.98 Å². The first-order valence-corrected chi connectivity index (χ1v) is 7.66. The first-order valence-electron chi connectivity index (χ1n) is 6.84. The van der Waals surface area contributed by atoms with Crippen LogP contribution in [0.25, 0.3) is 0 Å². The Morgan fingerprint density at radius 3 is 2.67 bits per heavy atom. The van der Waals surface area contributed by atoms with Gasteiger partial charge in [-0.1, -0.05) is 20.8 Å². The normalized spacial score (nSPS) is 17.7. The number of anilines is 1. The summed E-state index contributed by atoms with van der Waals surface area (Å²) >= 11 is 1.82. The number of thiazole rings is 1. The Labute approximate surface area is 114 Å². The second-order valence-electron chi connectivity index (χ2n) is 5.07. The fourth-order valence-electron chi connectivity index (χ4n) is 2.09. The van der Waals surface area contributed by atoms with Gasteiger partial charge in [-0.2, -0.15) is 0 Å². The minimum Gasteiger partial charge on any atom is -0.346 e. The molecule has 1 N–H and O–H groups in total. The topological polar surface area (TPSA) is 31.4 Å². The van der Waals surface area contributed by atoms with Crippen molar-refractivity contribution in [3.05, 3.63) is 11.1 Å². The Morgan fingerprint density at radius 2 is 2.06 bits per heavy atom. The van der Waals surface area contributed by atoms with Crippen LogP contribution in [0.15, 0.2) is 6.20 Å². The minimum absolute atomic E-state index is 0.531. The molecular formula is C13H24N4S. The number of nitrogens with zero attached hydrogens (tertiary/aromatic N) is 3. The number of nitrogens with one attached hydrogen (secondary N) is 1. The van der Waals surface area contributed by atoms with Crippen molar-refractivity contribution in [3.8, 4) is 0 Å². The van der Waals surface area contributed by atoms with E-state index in [1.807, 2.05) is 17.5 Å². The molecule has 1 fully saturated rings. The molecule has 1 aromatic rings. The van der Waals surface area contributed by atoms with E-state index in [9.17, 15) is 0 Å². The number of hydrogen-bond acceptors (Lipinski definition) is 5. The van der Waals surface area contributed by atoms with Crippen molar-refractivity contribution in [1.29, 1.82) is 0 Å². The Balaban J connectivity index is 1.86. The third-order valence-electron chi connectivity index (χ3n) is 3.32. The summed E-state index contributed by atoms with van der Waals surface area (Å²) in [4.78, 5) is 10.8. The van der Waals surface area contributed by atoms with Crippen molar-refractivity contribution in [2.45, 2.75) is 33.4 Å². The van der Waals surface area contributed by atoms with Gasteiger partial charge in [0, 0.05) is 49.8 Å². The van der Waals surface area contributed by atoms with E-state index >= 15 is 0 Å². The Morgan fingerprint density at radius 1 is 1.33 bits per heavy atom. The predicted octanol–water partition coefficient (Wildman–Crippen LogP) is 1.78. The standard InChI is InChI=1S/C13H24N4S/c1-4-16-5-7-17(8-6-16)13-15-10-12(18-13)9-14-11(2)3/h10-11,14H,4-9H2,1-3H3. The summed E-state index contributed by atoms with van der Waals surface area (Å²) < 4.78 is 0. The van der Waals surface area contributed by atoms with Crippen LogP contribution in [-0.2, 0) is 6.54 Å². The highest BCUT2D eigenvalue weighted by molar-refractivity contribution is 7.15. The summed E-state index contributed by atoms with van der Waals surface area (Å²) in [7, 11) is 0. The van der Waals surface area contributed by atoms with E-state index < -0.39 is 0 Å². The molecule has 0 bridgehead atoms. The summed E-state index contributed by atoms with van der Waals surface area (Å²) in [6.07, 6.45) is 2.02. The first kappa shape index (κ1) is 13.8. The molecule has 0 aliphatic carbocycles. The lowest BCUT2D eigenvalue weighted by molar-refractivity contribution is 0.271. The molecule has 0 atom stereocenters. The highest BCUT2D eigenvalue weighted by atomic mass is 32.1. The van der Waals surface area contributed by atoms with Gasteiger partial charge in [-0.15, -0.1) is 11.3 Å². The Hall–Kier alpha value is -0.650. The van der Waals surface area contributed by atoms with Gasteiger partial charge in [0.05, 0.1) is 0 Å². The average Bonchev–Trinajstić information content (AvgIpc) is 2.85. The summed E-state index contributed by atoms with van der Waals surface area (Å²) in [5.74, 6) is 0. The fraction of sp³-hybridized carbons (Fsp3) is 0.769. The molecule has 0 radical (unpaired) electrons. The molecule has 2 heterocycles. The van der Waals surface area contributed by atoms with E-state index in [0.29, 0.717) is 6.04 Å². The van der Waals surface area contributed by atoms with Crippen molar-refractivity contribution in [3.63, 3.8) is 0 Å². The summed E-state index contributed by atoms with van der Waals surface area (Å²) in [5.41, 5.74) is 0. The van der Waals surface area contributed by atoms with Crippen LogP contribution in [0.4, 0.5) is 5.13 Å². The van der Waals surface area contributed by atoms with Gasteiger partial charge in [0.1, 0.15) is 0 Å². The quantitative estimate of drug-likeness (QED) is 0.882. The van der Waals surface area contributed by atoms with Crippen molar-refractivity contribution < 1.29 is 0 Å². The Kier molecular flexibility index (Phi) is 4.97. The molecule has 0 saturated carbocycles. The lowest BCUT2D eigenvalue weighted by Crippen LogP contribution is -2.46. The highest BCUT2D eigenvalue weighted by Crippen LogP contribution is 2.23. The predicted molar refractivity (Wildman–Crippen MR) is 78.4 cm³/mol. The lowest BCUT2D eigenvalue weighted by atomic mass is 10.3. The fourth-order valence-corrected chi connectivity index (χ4v) is 3.00. The van der Waals surface area contributed by atoms with Crippen molar-refractivity contribution in [2.24, 2.45) is 0 Å². The van der Waals surface area contributed by atoms with Crippen LogP contribution in [0.5, 0.6) is 0 Å². The molecule has 102 valence electrons. The molecule has 5 heteroatoms. The van der Waals surface area contributed by atoms with Gasteiger partial charge in [0.25, 0.3) is 0 Å². The van der Waals surface area contributed by atoms with Crippen molar-refractivity contribution in [1.82, 2.24) is 15.2 Å². The summed E-state index contributed by atoms with van der Waals surface area (Å²) in [5, 5.41) is 4.62. The molecule has 1 aliphatic rings. The number of likely N-dealkylation sites (N-methyl/N-ethyl adjacent to an activating group) is 1. The maximum absolute atomic E-state index is 4.55. The van der Waals surface area contributed by atoms with Crippen LogP contribution >= 0.6 is 11.3 Å². The van der Waals surface area contributed by atoms with Crippen LogP contribution in [0.1, 0.15) is 25.6 Å². The molecule has 0 aromatic carbocycles. The third kappa shape index (κ3) is 3.67. The Bertz CT molecular complexity index is 356. The molecule has 18 heavy (non-hydrogen) atoms. The highest BCUT2D eigenvalue weighted by Gasteiger charge is 2.18. The minimum atomic E-state index is 0.531. The number of rotatable bonds is 5. The van der Waals surface area contributed by atoms with Crippen LogP contribution in [0.2, 0.25) is 0 Å². The van der Waals surface area contributed by atoms with Crippen LogP contribution in [0.3, 0.4) is 0 Å². The largest absolute Gasteiger partial charge is 0.346 e. The molecule has 0 spiro atoms. The van der Waals surface area contributed by atoms with Gasteiger partial charge in [-0.05, 0) is 6.54 Å². The number of hydrogen-bond donors (Lipinski definition) is 1. The second-order valence-corrected chi connectivity index (χ2v) is 6.16. The van der Waals surface area contributed by atoms with Crippen molar-refractivity contribution in [2.75, 3.05) is 37.6 Å². The molecule has 0 unspecified atom stereocenters. The first-order chi connectivity index (χ1) is 8.69. The van der Waals surface area contributed by atoms with Crippen LogP contribution in [-0.4, -0.2) is 48.6 Å². The second kappa shape index (κ2) is 6.50. The maximum atomic E-state index is 4.55.